The summed E-state index contributed by atoms with van der Waals surface area (Å²) in [5.41, 5.74) is 1.48. The lowest BCUT2D eigenvalue weighted by molar-refractivity contribution is 0.404. The van der Waals surface area contributed by atoms with Crippen LogP contribution in [0.1, 0.15) is 5.56 Å². The van der Waals surface area contributed by atoms with Gasteiger partial charge in [-0.05, 0) is 54.1 Å². The third-order valence-corrected chi connectivity index (χ3v) is 4.00. The minimum absolute atomic E-state index is 0.0394. The zero-order chi connectivity index (χ0) is 18.7. The molecule has 1 N–H and O–H groups in total. The van der Waals surface area contributed by atoms with Crippen LogP contribution in [-0.4, -0.2) is 19.2 Å². The molecule has 0 aliphatic heterocycles. The second-order valence-electron chi connectivity index (χ2n) is 5.49. The number of rotatable bonds is 4. The fraction of sp³-hybridized carbons (Fsp3) is 0.100. The number of aromatic nitrogens is 1. The first-order valence-electron chi connectivity index (χ1n) is 7.73. The number of ether oxygens (including phenoxy) is 2. The third kappa shape index (κ3) is 3.15. The van der Waals surface area contributed by atoms with E-state index in [0.29, 0.717) is 33.9 Å². The Morgan fingerprint density at radius 2 is 1.73 bits per heavy atom. The number of pyridine rings is 1. The van der Waals surface area contributed by atoms with Crippen molar-refractivity contribution in [1.29, 1.82) is 5.26 Å². The van der Waals surface area contributed by atoms with E-state index in [9.17, 15) is 14.4 Å². The lowest BCUT2D eigenvalue weighted by Gasteiger charge is -2.13. The summed E-state index contributed by atoms with van der Waals surface area (Å²) in [5.74, 6) is 0.686. The Bertz CT molecular complexity index is 1050. The predicted molar refractivity (Wildman–Crippen MR) is 95.7 cm³/mol. The van der Waals surface area contributed by atoms with E-state index in [1.54, 1.807) is 36.4 Å². The van der Waals surface area contributed by atoms with Crippen molar-refractivity contribution in [3.8, 4) is 40.0 Å². The molecule has 0 spiro atoms. The number of hydrogen-bond donors (Lipinski definition) is 1. The van der Waals surface area contributed by atoms with Crippen molar-refractivity contribution in [2.45, 2.75) is 0 Å². The number of halogens is 1. The van der Waals surface area contributed by atoms with Gasteiger partial charge in [-0.2, -0.15) is 5.26 Å². The molecule has 0 saturated heterocycles. The van der Waals surface area contributed by atoms with E-state index in [-0.39, 0.29) is 11.4 Å². The van der Waals surface area contributed by atoms with Crippen molar-refractivity contribution >= 4 is 0 Å². The van der Waals surface area contributed by atoms with Gasteiger partial charge < -0.3 is 14.5 Å². The molecule has 0 radical (unpaired) electrons. The number of methoxy groups -OCH3 is 2. The minimum atomic E-state index is -0.533. The molecule has 0 aliphatic carbocycles. The van der Waals surface area contributed by atoms with Crippen LogP contribution in [0.5, 0.6) is 11.5 Å². The molecule has 0 atom stereocenters. The average molecular weight is 350 g/mol. The van der Waals surface area contributed by atoms with Gasteiger partial charge in [-0.15, -0.1) is 0 Å². The van der Waals surface area contributed by atoms with Crippen molar-refractivity contribution in [1.82, 2.24) is 4.98 Å². The van der Waals surface area contributed by atoms with Gasteiger partial charge in [-0.25, -0.2) is 4.39 Å². The Labute approximate surface area is 149 Å². The van der Waals surface area contributed by atoms with Crippen molar-refractivity contribution in [3.63, 3.8) is 0 Å². The molecule has 0 unspecified atom stereocenters. The minimum Gasteiger partial charge on any atom is -0.497 e. The van der Waals surface area contributed by atoms with Gasteiger partial charge >= 0.3 is 0 Å². The maximum absolute atomic E-state index is 13.2. The van der Waals surface area contributed by atoms with Gasteiger partial charge in [0.2, 0.25) is 0 Å². The molecule has 5 nitrogen and oxygen atoms in total. The van der Waals surface area contributed by atoms with E-state index in [2.05, 4.69) is 4.98 Å². The molecule has 0 saturated carbocycles. The van der Waals surface area contributed by atoms with Crippen LogP contribution in [0.15, 0.2) is 53.3 Å². The average Bonchev–Trinajstić information content (AvgIpc) is 2.67. The number of nitriles is 1. The number of aromatic amines is 1. The molecule has 26 heavy (non-hydrogen) atoms. The van der Waals surface area contributed by atoms with Gasteiger partial charge in [0.05, 0.1) is 14.2 Å². The van der Waals surface area contributed by atoms with E-state index in [1.807, 2.05) is 6.07 Å². The van der Waals surface area contributed by atoms with Crippen molar-refractivity contribution in [2.75, 3.05) is 14.2 Å². The lowest BCUT2D eigenvalue weighted by atomic mass is 9.98. The van der Waals surface area contributed by atoms with Crippen molar-refractivity contribution in [3.05, 3.63) is 70.3 Å². The SMILES string of the molecule is COc1ccc(OC)c(-c2cc(-c3ccc(F)cc3)[nH]c(=O)c2C#N)c1. The molecule has 6 heteroatoms. The van der Waals surface area contributed by atoms with Crippen molar-refractivity contribution in [2.24, 2.45) is 0 Å². The number of nitrogens with zero attached hydrogens (tertiary/aromatic N) is 1. The molecule has 0 amide bonds. The van der Waals surface area contributed by atoms with Gasteiger partial charge in [0.15, 0.2) is 0 Å². The summed E-state index contributed by atoms with van der Waals surface area (Å²) in [6.07, 6.45) is 0. The fourth-order valence-electron chi connectivity index (χ4n) is 2.69. The molecule has 3 rings (SSSR count). The highest BCUT2D eigenvalue weighted by Crippen LogP contribution is 2.35. The lowest BCUT2D eigenvalue weighted by Crippen LogP contribution is -2.13. The summed E-state index contributed by atoms with van der Waals surface area (Å²) in [7, 11) is 3.03. The summed E-state index contributed by atoms with van der Waals surface area (Å²) in [5, 5.41) is 9.46. The Kier molecular flexibility index (Phi) is 4.72. The highest BCUT2D eigenvalue weighted by Gasteiger charge is 2.17. The summed E-state index contributed by atoms with van der Waals surface area (Å²) in [6, 6.07) is 14.5. The van der Waals surface area contributed by atoms with E-state index < -0.39 is 5.56 Å². The molecule has 1 heterocycles. The summed E-state index contributed by atoms with van der Waals surface area (Å²) in [4.78, 5) is 15.1. The Morgan fingerprint density at radius 1 is 1.00 bits per heavy atom. The maximum Gasteiger partial charge on any atom is 0.266 e. The second-order valence-corrected chi connectivity index (χ2v) is 5.49. The van der Waals surface area contributed by atoms with E-state index in [1.165, 1.54) is 26.4 Å². The van der Waals surface area contributed by atoms with Crippen LogP contribution in [0.25, 0.3) is 22.4 Å². The highest BCUT2D eigenvalue weighted by atomic mass is 19.1. The van der Waals surface area contributed by atoms with E-state index >= 15 is 0 Å². The number of H-pyrrole nitrogens is 1. The Morgan fingerprint density at radius 3 is 2.35 bits per heavy atom. The molecule has 130 valence electrons. The first-order chi connectivity index (χ1) is 12.6. The molecule has 3 aromatic rings. The van der Waals surface area contributed by atoms with Gasteiger partial charge in [-0.3, -0.25) is 4.79 Å². The fourth-order valence-corrected chi connectivity index (χ4v) is 2.69. The van der Waals surface area contributed by atoms with Crippen molar-refractivity contribution < 1.29 is 13.9 Å². The molecule has 2 aromatic carbocycles. The van der Waals surface area contributed by atoms with Crippen LogP contribution < -0.4 is 15.0 Å². The molecular formula is C20H15FN2O3. The second kappa shape index (κ2) is 7.11. The van der Waals surface area contributed by atoms with Crippen LogP contribution in [-0.2, 0) is 0 Å². The third-order valence-electron chi connectivity index (χ3n) is 4.00. The van der Waals surface area contributed by atoms with E-state index in [4.69, 9.17) is 9.47 Å². The predicted octanol–water partition coefficient (Wildman–Crippen LogP) is 3.74. The van der Waals surface area contributed by atoms with Gasteiger partial charge in [0, 0.05) is 16.8 Å². The monoisotopic (exact) mass is 350 g/mol. The quantitative estimate of drug-likeness (QED) is 0.778. The van der Waals surface area contributed by atoms with Gasteiger partial charge in [0.25, 0.3) is 5.56 Å². The molecular weight excluding hydrogens is 335 g/mol. The zero-order valence-electron chi connectivity index (χ0n) is 14.2. The first-order valence-corrected chi connectivity index (χ1v) is 7.73. The molecule has 0 bridgehead atoms. The first kappa shape index (κ1) is 17.2. The number of hydrogen-bond acceptors (Lipinski definition) is 4. The summed E-state index contributed by atoms with van der Waals surface area (Å²) < 4.78 is 23.8. The van der Waals surface area contributed by atoms with Crippen LogP contribution in [0.3, 0.4) is 0 Å². The van der Waals surface area contributed by atoms with Gasteiger partial charge in [0.1, 0.15) is 28.9 Å². The largest absolute Gasteiger partial charge is 0.497 e. The number of nitrogens with one attached hydrogen (secondary N) is 1. The Hall–Kier alpha value is -3.59. The van der Waals surface area contributed by atoms with Crippen LogP contribution in [0, 0.1) is 17.1 Å². The molecule has 1 aromatic heterocycles. The summed E-state index contributed by atoms with van der Waals surface area (Å²) >= 11 is 0. The van der Waals surface area contributed by atoms with E-state index in [0.717, 1.165) is 0 Å². The van der Waals surface area contributed by atoms with Crippen LogP contribution in [0.4, 0.5) is 4.39 Å². The van der Waals surface area contributed by atoms with Crippen LogP contribution in [0.2, 0.25) is 0 Å². The summed E-state index contributed by atoms with van der Waals surface area (Å²) in [6.45, 7) is 0. The highest BCUT2D eigenvalue weighted by molar-refractivity contribution is 5.79. The normalized spacial score (nSPS) is 10.2. The molecule has 0 fully saturated rings. The van der Waals surface area contributed by atoms with Gasteiger partial charge in [-0.1, -0.05) is 0 Å². The Balaban J connectivity index is 2.29. The number of benzene rings is 2. The topological polar surface area (TPSA) is 75.1 Å². The smallest absolute Gasteiger partial charge is 0.266 e. The molecule has 0 aliphatic rings. The van der Waals surface area contributed by atoms with Crippen LogP contribution >= 0.6 is 0 Å². The zero-order valence-corrected chi connectivity index (χ0v) is 14.2. The maximum atomic E-state index is 13.2. The standard InChI is InChI=1S/C20H15FN2O3/c1-25-14-7-8-19(26-2)16(9-14)15-10-18(23-20(24)17(15)11-22)12-3-5-13(21)6-4-12/h3-10H,1-2H3,(H,23,24).